The lowest BCUT2D eigenvalue weighted by molar-refractivity contribution is 0.0193. The summed E-state index contributed by atoms with van der Waals surface area (Å²) in [5, 5.41) is 20.9. The summed E-state index contributed by atoms with van der Waals surface area (Å²) in [6, 6.07) is 6.13. The number of benzene rings is 1. The fourth-order valence-corrected chi connectivity index (χ4v) is 4.98. The number of thioether (sulfide) groups is 1. The van der Waals surface area contributed by atoms with Gasteiger partial charge in [0.25, 0.3) is 0 Å². The monoisotopic (exact) mass is 263 g/mol. The van der Waals surface area contributed by atoms with Crippen molar-refractivity contribution in [2.45, 2.75) is 41.8 Å². The van der Waals surface area contributed by atoms with Gasteiger partial charge in [-0.15, -0.1) is 0 Å². The van der Waals surface area contributed by atoms with Gasteiger partial charge in [0.2, 0.25) is 0 Å². The fraction of sp³-hybridized carbons (Fsp3) is 0.500. The second-order valence-electron chi connectivity index (χ2n) is 5.20. The molecule has 0 amide bonds. The van der Waals surface area contributed by atoms with E-state index >= 15 is 0 Å². The molecule has 94 valence electrons. The number of hydrogen-bond acceptors (Lipinski definition) is 3. The Bertz CT molecular complexity index is 513. The zero-order chi connectivity index (χ0) is 12.8. The lowest BCUT2D eigenvalue weighted by atomic mass is 9.83. The van der Waals surface area contributed by atoms with Crippen molar-refractivity contribution in [2.75, 3.05) is 0 Å². The number of rotatable bonds is 1. The van der Waals surface area contributed by atoms with Gasteiger partial charge < -0.3 is 5.11 Å². The molecule has 0 radical (unpaired) electrons. The summed E-state index contributed by atoms with van der Waals surface area (Å²) in [5.41, 5.74) is -0.0806. The highest BCUT2D eigenvalue weighted by Crippen LogP contribution is 2.51. The Hall–Kier alpha value is -1.05. The molecule has 1 N–H and O–H groups in total. The van der Waals surface area contributed by atoms with Crippen LogP contribution in [0.3, 0.4) is 0 Å². The van der Waals surface area contributed by atoms with Crippen LogP contribution in [-0.4, -0.2) is 15.6 Å². The quantitative estimate of drug-likeness (QED) is 0.847. The molecular formula is C14H14FNOS. The number of fused-ring (bicyclic) bond motifs is 2. The molecule has 18 heavy (non-hydrogen) atoms. The number of aliphatic hydroxyl groups is 1. The smallest absolute Gasteiger partial charge is 0.124 e. The minimum atomic E-state index is -0.949. The molecule has 4 heteroatoms. The molecule has 2 heterocycles. The molecule has 0 aromatic heterocycles. The van der Waals surface area contributed by atoms with Gasteiger partial charge in [0.1, 0.15) is 5.82 Å². The van der Waals surface area contributed by atoms with E-state index in [0.717, 1.165) is 12.8 Å². The molecule has 1 aromatic rings. The normalized spacial score (nSPS) is 34.3. The maximum absolute atomic E-state index is 13.2. The zero-order valence-electron chi connectivity index (χ0n) is 9.90. The Morgan fingerprint density at radius 2 is 2.00 bits per heavy atom. The van der Waals surface area contributed by atoms with Gasteiger partial charge in [-0.1, -0.05) is 6.07 Å². The van der Waals surface area contributed by atoms with E-state index in [9.17, 15) is 9.50 Å². The summed E-state index contributed by atoms with van der Waals surface area (Å²) >= 11 is 1.95. The van der Waals surface area contributed by atoms with Crippen molar-refractivity contribution in [2.24, 2.45) is 0 Å². The minimum absolute atomic E-state index is 0.267. The molecule has 2 aliphatic rings. The Morgan fingerprint density at radius 1 is 1.33 bits per heavy atom. The van der Waals surface area contributed by atoms with E-state index in [2.05, 4.69) is 0 Å². The average Bonchev–Trinajstić information content (AvgIpc) is 2.68. The molecule has 2 bridgehead atoms. The molecule has 3 rings (SSSR count). The van der Waals surface area contributed by atoms with Crippen molar-refractivity contribution in [3.05, 3.63) is 35.1 Å². The van der Waals surface area contributed by atoms with Crippen molar-refractivity contribution in [1.82, 2.24) is 0 Å². The van der Waals surface area contributed by atoms with Gasteiger partial charge in [0.15, 0.2) is 0 Å². The van der Waals surface area contributed by atoms with E-state index in [4.69, 9.17) is 5.26 Å². The lowest BCUT2D eigenvalue weighted by Crippen LogP contribution is -2.35. The number of hydrogen-bond donors (Lipinski definition) is 1. The molecule has 0 aliphatic carbocycles. The summed E-state index contributed by atoms with van der Waals surface area (Å²) in [4.78, 5) is 0. The average molecular weight is 263 g/mol. The van der Waals surface area contributed by atoms with Crippen molar-refractivity contribution >= 4 is 11.8 Å². The summed E-state index contributed by atoms with van der Waals surface area (Å²) in [6.45, 7) is 0. The molecule has 2 atom stereocenters. The third kappa shape index (κ3) is 1.92. The van der Waals surface area contributed by atoms with Gasteiger partial charge in [-0.2, -0.15) is 17.0 Å². The summed E-state index contributed by atoms with van der Waals surface area (Å²) in [6.07, 6.45) is 3.63. The van der Waals surface area contributed by atoms with E-state index in [0.29, 0.717) is 28.9 Å². The van der Waals surface area contributed by atoms with Crippen molar-refractivity contribution in [3.8, 4) is 6.07 Å². The lowest BCUT2D eigenvalue weighted by Gasteiger charge is -2.36. The van der Waals surface area contributed by atoms with E-state index in [1.54, 1.807) is 6.07 Å². The fourth-order valence-electron chi connectivity index (χ4n) is 3.15. The standard InChI is InChI=1S/C14H14FNOS/c15-10-1-4-13(9(5-10)8-16)14(17)6-11-2-3-12(7-14)18-11/h1,4-5,11-12,17H,2-3,6-7H2. The van der Waals surface area contributed by atoms with Gasteiger partial charge in [-0.25, -0.2) is 4.39 Å². The van der Waals surface area contributed by atoms with Crippen molar-refractivity contribution in [1.29, 1.82) is 5.26 Å². The van der Waals surface area contributed by atoms with Gasteiger partial charge in [0.05, 0.1) is 17.2 Å². The molecule has 0 spiro atoms. The second kappa shape index (κ2) is 4.25. The van der Waals surface area contributed by atoms with Crippen LogP contribution < -0.4 is 0 Å². The van der Waals surface area contributed by atoms with Crippen LogP contribution in [-0.2, 0) is 5.60 Å². The van der Waals surface area contributed by atoms with Crippen LogP contribution >= 0.6 is 11.8 Å². The number of nitrogens with zero attached hydrogens (tertiary/aromatic N) is 1. The first-order chi connectivity index (χ1) is 8.60. The molecular weight excluding hydrogens is 249 g/mol. The van der Waals surface area contributed by atoms with Crippen LogP contribution in [0.4, 0.5) is 4.39 Å². The van der Waals surface area contributed by atoms with Crippen LogP contribution in [0.5, 0.6) is 0 Å². The van der Waals surface area contributed by atoms with Crippen LogP contribution in [0, 0.1) is 17.1 Å². The summed E-state index contributed by atoms with van der Waals surface area (Å²) < 4.78 is 13.2. The van der Waals surface area contributed by atoms with Crippen LogP contribution in [0.15, 0.2) is 18.2 Å². The van der Waals surface area contributed by atoms with Crippen LogP contribution in [0.2, 0.25) is 0 Å². The zero-order valence-corrected chi connectivity index (χ0v) is 10.7. The molecule has 2 aliphatic heterocycles. The van der Waals surface area contributed by atoms with Crippen LogP contribution in [0.25, 0.3) is 0 Å². The first-order valence-corrected chi connectivity index (χ1v) is 7.13. The van der Waals surface area contributed by atoms with Gasteiger partial charge >= 0.3 is 0 Å². The predicted molar refractivity (Wildman–Crippen MR) is 68.6 cm³/mol. The largest absolute Gasteiger partial charge is 0.385 e. The Kier molecular flexibility index (Phi) is 2.84. The SMILES string of the molecule is N#Cc1cc(F)ccc1C1(O)CC2CCC(C1)S2. The molecule has 2 fully saturated rings. The topological polar surface area (TPSA) is 44.0 Å². The molecule has 2 unspecified atom stereocenters. The third-order valence-electron chi connectivity index (χ3n) is 3.93. The second-order valence-corrected chi connectivity index (χ2v) is 6.80. The van der Waals surface area contributed by atoms with E-state index in [1.807, 2.05) is 17.8 Å². The van der Waals surface area contributed by atoms with E-state index < -0.39 is 11.4 Å². The third-order valence-corrected chi connectivity index (χ3v) is 5.50. The van der Waals surface area contributed by atoms with Gasteiger partial charge in [-0.05, 0) is 37.8 Å². The van der Waals surface area contributed by atoms with Crippen molar-refractivity contribution in [3.63, 3.8) is 0 Å². The molecule has 2 nitrogen and oxygen atoms in total. The maximum atomic E-state index is 13.2. The van der Waals surface area contributed by atoms with E-state index in [-0.39, 0.29) is 5.56 Å². The van der Waals surface area contributed by atoms with Crippen LogP contribution in [0.1, 0.15) is 36.8 Å². The first-order valence-electron chi connectivity index (χ1n) is 6.19. The Morgan fingerprint density at radius 3 is 2.61 bits per heavy atom. The highest BCUT2D eigenvalue weighted by atomic mass is 32.2. The molecule has 1 aromatic carbocycles. The predicted octanol–water partition coefficient (Wildman–Crippen LogP) is 2.94. The van der Waals surface area contributed by atoms with E-state index in [1.165, 1.54) is 12.1 Å². The molecule has 0 saturated carbocycles. The highest BCUT2D eigenvalue weighted by Gasteiger charge is 2.45. The van der Waals surface area contributed by atoms with Gasteiger partial charge in [-0.3, -0.25) is 0 Å². The van der Waals surface area contributed by atoms with Crippen molar-refractivity contribution < 1.29 is 9.50 Å². The number of nitriles is 1. The summed E-state index contributed by atoms with van der Waals surface area (Å²) in [7, 11) is 0. The van der Waals surface area contributed by atoms with Gasteiger partial charge in [0, 0.05) is 16.1 Å². The summed E-state index contributed by atoms with van der Waals surface area (Å²) in [5.74, 6) is -0.424. The first kappa shape index (κ1) is 12.0. The maximum Gasteiger partial charge on any atom is 0.124 e. The number of halogens is 1. The molecule has 2 saturated heterocycles. The minimum Gasteiger partial charge on any atom is -0.385 e. The Labute approximate surface area is 110 Å². The Balaban J connectivity index is 2.01. The highest BCUT2D eigenvalue weighted by molar-refractivity contribution is 8.00.